The maximum absolute atomic E-state index is 12.1. The fourth-order valence-electron chi connectivity index (χ4n) is 3.58. The molecule has 2 aromatic carbocycles. The lowest BCUT2D eigenvalue weighted by Crippen LogP contribution is -2.48. The quantitative estimate of drug-likeness (QED) is 0.573. The van der Waals surface area contributed by atoms with E-state index in [4.69, 9.17) is 14.6 Å². The van der Waals surface area contributed by atoms with Crippen LogP contribution in [0.1, 0.15) is 24.0 Å². The van der Waals surface area contributed by atoms with Gasteiger partial charge >= 0.3 is 12.1 Å². The van der Waals surface area contributed by atoms with E-state index in [0.29, 0.717) is 0 Å². The monoisotopic (exact) mass is 436 g/mol. The number of aliphatic carboxylic acids is 1. The van der Waals surface area contributed by atoms with Crippen molar-refractivity contribution in [2.75, 3.05) is 20.3 Å². The molecule has 1 aliphatic rings. The number of ether oxygens (including phenoxy) is 2. The van der Waals surface area contributed by atoms with Crippen LogP contribution in [0.4, 0.5) is 4.79 Å². The summed E-state index contributed by atoms with van der Waals surface area (Å²) in [6.45, 7) is 1.57. The third-order valence-corrected chi connectivity index (χ3v) is 5.26. The summed E-state index contributed by atoms with van der Waals surface area (Å²) in [4.78, 5) is 35.0. The third-order valence-electron chi connectivity index (χ3n) is 5.26. The van der Waals surface area contributed by atoms with Crippen molar-refractivity contribution in [3.05, 3.63) is 59.7 Å². The largest absolute Gasteiger partial charge is 0.480 e. The van der Waals surface area contributed by atoms with E-state index in [-0.39, 0.29) is 19.1 Å². The van der Waals surface area contributed by atoms with Gasteiger partial charge in [-0.15, -0.1) is 0 Å². The molecular formula is C24H24N2O6. The highest BCUT2D eigenvalue weighted by atomic mass is 16.5. The summed E-state index contributed by atoms with van der Waals surface area (Å²) < 4.78 is 10.3. The van der Waals surface area contributed by atoms with E-state index in [1.165, 1.54) is 14.0 Å². The maximum atomic E-state index is 12.1. The number of amides is 2. The number of fused-ring (bicyclic) bond motifs is 3. The minimum atomic E-state index is -1.23. The Morgan fingerprint density at radius 2 is 1.66 bits per heavy atom. The predicted octanol–water partition coefficient (Wildman–Crippen LogP) is 2.13. The first-order valence-corrected chi connectivity index (χ1v) is 10.1. The molecule has 0 spiro atoms. The highest BCUT2D eigenvalue weighted by molar-refractivity contribution is 5.96. The van der Waals surface area contributed by atoms with E-state index >= 15 is 0 Å². The molecule has 2 aromatic rings. The number of alkyl carbamates (subject to hydrolysis) is 1. The fourth-order valence-corrected chi connectivity index (χ4v) is 3.58. The number of rotatable bonds is 7. The zero-order valence-electron chi connectivity index (χ0n) is 17.8. The maximum Gasteiger partial charge on any atom is 0.407 e. The second kappa shape index (κ2) is 10.5. The van der Waals surface area contributed by atoms with Crippen LogP contribution in [0.25, 0.3) is 11.1 Å². The van der Waals surface area contributed by atoms with Gasteiger partial charge in [-0.25, -0.2) is 9.59 Å². The van der Waals surface area contributed by atoms with Gasteiger partial charge in [0, 0.05) is 13.0 Å². The Hall–Kier alpha value is -3.83. The molecule has 1 aliphatic carbocycles. The molecule has 0 unspecified atom stereocenters. The highest BCUT2D eigenvalue weighted by Crippen LogP contribution is 2.44. The summed E-state index contributed by atoms with van der Waals surface area (Å²) in [7, 11) is 1.34. The van der Waals surface area contributed by atoms with Crippen molar-refractivity contribution in [3.63, 3.8) is 0 Å². The van der Waals surface area contributed by atoms with E-state index in [0.717, 1.165) is 22.3 Å². The molecular weight excluding hydrogens is 412 g/mol. The van der Waals surface area contributed by atoms with Crippen LogP contribution in [0.3, 0.4) is 0 Å². The molecule has 8 nitrogen and oxygen atoms in total. The van der Waals surface area contributed by atoms with E-state index < -0.39 is 30.1 Å². The number of carboxylic acids is 1. The van der Waals surface area contributed by atoms with Crippen molar-refractivity contribution in [2.24, 2.45) is 0 Å². The molecule has 0 aromatic heterocycles. The second-order valence-corrected chi connectivity index (χ2v) is 7.21. The van der Waals surface area contributed by atoms with Gasteiger partial charge in [0.05, 0.1) is 12.6 Å². The normalized spacial score (nSPS) is 13.6. The minimum absolute atomic E-state index is 0.0549. The van der Waals surface area contributed by atoms with Crippen LogP contribution in [0.2, 0.25) is 0 Å². The lowest BCUT2D eigenvalue weighted by molar-refractivity contribution is -0.144. The van der Waals surface area contributed by atoms with Crippen LogP contribution in [0.15, 0.2) is 48.5 Å². The van der Waals surface area contributed by atoms with Crippen LogP contribution < -0.4 is 10.6 Å². The topological polar surface area (TPSA) is 114 Å². The van der Waals surface area contributed by atoms with Crippen molar-refractivity contribution in [3.8, 4) is 23.0 Å². The summed E-state index contributed by atoms with van der Waals surface area (Å²) in [6.07, 6.45) is -1.38. The van der Waals surface area contributed by atoms with E-state index in [9.17, 15) is 14.4 Å². The average Bonchev–Trinajstić information content (AvgIpc) is 3.12. The van der Waals surface area contributed by atoms with Crippen molar-refractivity contribution in [1.82, 2.24) is 10.6 Å². The van der Waals surface area contributed by atoms with Gasteiger partial charge in [-0.3, -0.25) is 4.79 Å². The molecule has 0 radical (unpaired) electrons. The van der Waals surface area contributed by atoms with Gasteiger partial charge in [0.2, 0.25) is 0 Å². The summed E-state index contributed by atoms with van der Waals surface area (Å²) in [5.74, 6) is 2.64. The summed E-state index contributed by atoms with van der Waals surface area (Å²) in [6, 6.07) is 14.8. The number of benzene rings is 2. The summed E-state index contributed by atoms with van der Waals surface area (Å²) in [5, 5.41) is 13.8. The fraction of sp³-hybridized carbons (Fsp3) is 0.292. The first-order valence-electron chi connectivity index (χ1n) is 10.1. The summed E-state index contributed by atoms with van der Waals surface area (Å²) in [5.41, 5.74) is 4.49. The highest BCUT2D eigenvalue weighted by Gasteiger charge is 2.29. The smallest absolute Gasteiger partial charge is 0.407 e. The van der Waals surface area contributed by atoms with Gasteiger partial charge in [-0.1, -0.05) is 54.5 Å². The van der Waals surface area contributed by atoms with Crippen LogP contribution in [0, 0.1) is 11.8 Å². The molecule has 2 amide bonds. The summed E-state index contributed by atoms with van der Waals surface area (Å²) >= 11 is 0. The Balaban J connectivity index is 1.50. The number of hydrogen-bond acceptors (Lipinski definition) is 5. The van der Waals surface area contributed by atoms with Crippen LogP contribution in [0.5, 0.6) is 0 Å². The van der Waals surface area contributed by atoms with Crippen molar-refractivity contribution >= 4 is 18.0 Å². The molecule has 3 rings (SSSR count). The zero-order chi connectivity index (χ0) is 23.1. The van der Waals surface area contributed by atoms with Gasteiger partial charge in [0.25, 0.3) is 5.91 Å². The standard InChI is InChI=1S/C24H24N2O6/c1-15(31-2)22(23(28)29)26-21(27)12-7-13-25-24(30)32-14-20-18-10-5-3-8-16(18)17-9-4-6-11-19(17)20/h3-6,8-11,15,20,22H,13-14H2,1-2H3,(H,25,30)(H,26,27)(H,28,29)/t15-,22+/m1/s1. The lowest BCUT2D eigenvalue weighted by Gasteiger charge is -2.18. The number of methoxy groups -OCH3 is 1. The van der Waals surface area contributed by atoms with E-state index in [1.54, 1.807) is 0 Å². The molecule has 0 saturated heterocycles. The van der Waals surface area contributed by atoms with E-state index in [1.807, 2.05) is 36.4 Å². The molecule has 0 heterocycles. The van der Waals surface area contributed by atoms with Crippen LogP contribution in [-0.2, 0) is 19.1 Å². The first kappa shape index (κ1) is 22.8. The Bertz CT molecular complexity index is 1030. The molecule has 0 aliphatic heterocycles. The Kier molecular flexibility index (Phi) is 7.47. The second-order valence-electron chi connectivity index (χ2n) is 7.21. The van der Waals surface area contributed by atoms with Crippen LogP contribution in [-0.4, -0.2) is 55.5 Å². The molecule has 166 valence electrons. The number of carboxylic acid groups (broad SMARTS) is 1. The Labute approximate surface area is 185 Å². The molecule has 8 heteroatoms. The SMILES string of the molecule is CO[C@H](C)[C@H](NC(=O)C#CCNC(=O)OCC1c2ccccc2-c2ccccc21)C(=O)O. The number of carbonyl (C=O) groups is 3. The number of hydrogen-bond donors (Lipinski definition) is 3. The Morgan fingerprint density at radius 1 is 1.06 bits per heavy atom. The molecule has 2 atom stereocenters. The molecule has 32 heavy (non-hydrogen) atoms. The van der Waals surface area contributed by atoms with Gasteiger partial charge in [0.1, 0.15) is 6.61 Å². The van der Waals surface area contributed by atoms with Crippen molar-refractivity contribution in [2.45, 2.75) is 25.0 Å². The van der Waals surface area contributed by atoms with Gasteiger partial charge in [-0.2, -0.15) is 0 Å². The van der Waals surface area contributed by atoms with Crippen molar-refractivity contribution < 1.29 is 29.0 Å². The van der Waals surface area contributed by atoms with Gasteiger partial charge in [0.15, 0.2) is 6.04 Å². The van der Waals surface area contributed by atoms with Gasteiger partial charge in [-0.05, 0) is 35.1 Å². The lowest BCUT2D eigenvalue weighted by atomic mass is 9.98. The Morgan fingerprint density at radius 3 is 2.22 bits per heavy atom. The zero-order valence-corrected chi connectivity index (χ0v) is 17.8. The molecule has 3 N–H and O–H groups in total. The third kappa shape index (κ3) is 5.25. The number of carbonyl (C=O) groups excluding carboxylic acids is 2. The predicted molar refractivity (Wildman–Crippen MR) is 117 cm³/mol. The van der Waals surface area contributed by atoms with Gasteiger partial charge < -0.3 is 25.2 Å². The van der Waals surface area contributed by atoms with Crippen molar-refractivity contribution in [1.29, 1.82) is 0 Å². The van der Waals surface area contributed by atoms with E-state index in [2.05, 4.69) is 34.6 Å². The number of nitrogens with one attached hydrogen (secondary N) is 2. The minimum Gasteiger partial charge on any atom is -0.480 e. The molecule has 0 bridgehead atoms. The molecule has 0 saturated carbocycles. The average molecular weight is 436 g/mol. The molecule has 0 fully saturated rings. The van der Waals surface area contributed by atoms with Crippen LogP contribution >= 0.6 is 0 Å². The first-order chi connectivity index (χ1) is 15.4.